The number of pyridine rings is 1. The minimum absolute atomic E-state index is 0.123. The zero-order chi connectivity index (χ0) is 24.2. The average Bonchev–Trinajstić information content (AvgIpc) is 2.83. The Hall–Kier alpha value is -3.22. The van der Waals surface area contributed by atoms with Gasteiger partial charge in [-0.1, -0.05) is 31.2 Å². The van der Waals surface area contributed by atoms with Crippen molar-refractivity contribution >= 4 is 23.4 Å². The summed E-state index contributed by atoms with van der Waals surface area (Å²) >= 11 is 0. The highest BCUT2D eigenvalue weighted by Crippen LogP contribution is 2.36. The fourth-order valence-electron chi connectivity index (χ4n) is 5.21. The van der Waals surface area contributed by atoms with Crippen LogP contribution in [0.2, 0.25) is 0 Å². The van der Waals surface area contributed by atoms with E-state index in [-0.39, 0.29) is 11.9 Å². The van der Waals surface area contributed by atoms with E-state index in [2.05, 4.69) is 41.5 Å². The second-order valence-electron chi connectivity index (χ2n) is 9.81. The summed E-state index contributed by atoms with van der Waals surface area (Å²) in [5, 5.41) is 2.72. The lowest BCUT2D eigenvalue weighted by atomic mass is 9.85. The number of benzene rings is 1. The van der Waals surface area contributed by atoms with Crippen molar-refractivity contribution in [3.05, 3.63) is 59.4 Å². The second kappa shape index (κ2) is 10.4. The van der Waals surface area contributed by atoms with E-state index in [0.717, 1.165) is 49.9 Å². The molecule has 2 aliphatic rings. The summed E-state index contributed by atoms with van der Waals surface area (Å²) < 4.78 is 0. The van der Waals surface area contributed by atoms with Gasteiger partial charge in [-0.2, -0.15) is 0 Å². The Morgan fingerprint density at radius 1 is 1.00 bits per heavy atom. The van der Waals surface area contributed by atoms with Crippen LogP contribution in [0, 0.1) is 12.8 Å². The van der Waals surface area contributed by atoms with E-state index in [1.165, 1.54) is 5.56 Å². The molecule has 2 fully saturated rings. The molecule has 2 aromatic rings. The van der Waals surface area contributed by atoms with Crippen molar-refractivity contribution in [2.24, 2.45) is 5.92 Å². The molecule has 0 aliphatic carbocycles. The minimum atomic E-state index is -0.626. The normalized spacial score (nSPS) is 21.3. The number of amides is 3. The predicted octanol–water partition coefficient (Wildman–Crippen LogP) is 4.05. The van der Waals surface area contributed by atoms with Crippen LogP contribution in [-0.2, 0) is 14.4 Å². The maximum absolute atomic E-state index is 13.3. The number of nitrogens with one attached hydrogen (secondary N) is 1. The van der Waals surface area contributed by atoms with Gasteiger partial charge in [0.05, 0.1) is 17.9 Å². The number of anilines is 1. The van der Waals surface area contributed by atoms with Gasteiger partial charge in [0.25, 0.3) is 0 Å². The molecule has 1 aromatic heterocycles. The largest absolute Gasteiger partial charge is 0.343 e. The number of hydrogen-bond donors (Lipinski definition) is 1. The molecule has 0 radical (unpaired) electrons. The van der Waals surface area contributed by atoms with E-state index in [1.807, 2.05) is 11.8 Å². The van der Waals surface area contributed by atoms with E-state index in [4.69, 9.17) is 0 Å². The van der Waals surface area contributed by atoms with Gasteiger partial charge in [0.2, 0.25) is 5.91 Å². The van der Waals surface area contributed by atoms with E-state index < -0.39 is 11.8 Å². The minimum Gasteiger partial charge on any atom is -0.343 e. The van der Waals surface area contributed by atoms with Gasteiger partial charge in [0, 0.05) is 32.8 Å². The monoisotopic (exact) mass is 462 g/mol. The Morgan fingerprint density at radius 3 is 2.44 bits per heavy atom. The molecular weight excluding hydrogens is 428 g/mol. The lowest BCUT2D eigenvalue weighted by molar-refractivity contribution is -0.146. The summed E-state index contributed by atoms with van der Waals surface area (Å²) in [5.74, 6) is -0.248. The van der Waals surface area contributed by atoms with Crippen molar-refractivity contribution in [2.75, 3.05) is 25.0 Å². The molecule has 0 spiro atoms. The number of aryl methyl sites for hydroxylation is 1. The highest BCUT2D eigenvalue weighted by Gasteiger charge is 2.34. The number of nitrogens with zero attached hydrogens (tertiary/aromatic N) is 3. The van der Waals surface area contributed by atoms with Crippen LogP contribution >= 0.6 is 0 Å². The number of carbonyl (C=O) groups is 3. The third-order valence-corrected chi connectivity index (χ3v) is 7.11. The second-order valence-corrected chi connectivity index (χ2v) is 9.81. The van der Waals surface area contributed by atoms with Gasteiger partial charge < -0.3 is 15.1 Å². The number of piperidine rings is 2. The molecule has 2 aliphatic heterocycles. The first-order valence-corrected chi connectivity index (χ1v) is 12.2. The van der Waals surface area contributed by atoms with Crippen LogP contribution in [0.4, 0.5) is 5.69 Å². The summed E-state index contributed by atoms with van der Waals surface area (Å²) in [6, 6.07) is 10.2. The number of aromatic nitrogens is 1. The lowest BCUT2D eigenvalue weighted by Crippen LogP contribution is -2.46. The van der Waals surface area contributed by atoms with Gasteiger partial charge in [-0.3, -0.25) is 19.4 Å². The maximum atomic E-state index is 13.3. The Kier molecular flexibility index (Phi) is 7.29. The molecule has 1 N–H and O–H groups in total. The zero-order valence-electron chi connectivity index (χ0n) is 20.3. The lowest BCUT2D eigenvalue weighted by Gasteiger charge is -2.39. The molecule has 2 atom stereocenters. The van der Waals surface area contributed by atoms with Crippen molar-refractivity contribution < 1.29 is 14.4 Å². The molecule has 4 rings (SSSR count). The molecule has 180 valence electrons. The van der Waals surface area contributed by atoms with Crippen molar-refractivity contribution in [1.82, 2.24) is 14.8 Å². The first kappa shape index (κ1) is 23.9. The molecule has 0 bridgehead atoms. The number of hydrogen-bond acceptors (Lipinski definition) is 4. The molecule has 3 amide bonds. The summed E-state index contributed by atoms with van der Waals surface area (Å²) in [5.41, 5.74) is 3.78. The third kappa shape index (κ3) is 5.46. The van der Waals surface area contributed by atoms with Crippen LogP contribution in [0.5, 0.6) is 0 Å². The molecule has 0 saturated carbocycles. The number of rotatable bonds is 3. The number of carbonyl (C=O) groups excluding carboxylic acids is 3. The molecule has 1 aromatic carbocycles. The van der Waals surface area contributed by atoms with E-state index >= 15 is 0 Å². The van der Waals surface area contributed by atoms with Crippen molar-refractivity contribution in [1.29, 1.82) is 0 Å². The first-order chi connectivity index (χ1) is 16.3. The summed E-state index contributed by atoms with van der Waals surface area (Å²) in [6.45, 7) is 7.77. The van der Waals surface area contributed by atoms with Crippen LogP contribution in [0.3, 0.4) is 0 Å². The van der Waals surface area contributed by atoms with Crippen molar-refractivity contribution in [3.8, 4) is 0 Å². The van der Waals surface area contributed by atoms with Gasteiger partial charge in [-0.15, -0.1) is 0 Å². The molecule has 7 nitrogen and oxygen atoms in total. The zero-order valence-corrected chi connectivity index (χ0v) is 20.3. The average molecular weight is 463 g/mol. The van der Waals surface area contributed by atoms with Crippen LogP contribution in [-0.4, -0.2) is 52.1 Å². The SMILES string of the molecule is CC(=O)N1CCC(c2cccc([C@H]3CC[C@H](C)CN3C(=O)C(=O)Nc3cncc(C)c3)c2)CC1. The number of likely N-dealkylation sites (tertiary alicyclic amines) is 2. The van der Waals surface area contributed by atoms with E-state index in [0.29, 0.717) is 24.1 Å². The topological polar surface area (TPSA) is 82.6 Å². The highest BCUT2D eigenvalue weighted by atomic mass is 16.2. The van der Waals surface area contributed by atoms with Crippen LogP contribution in [0.15, 0.2) is 42.7 Å². The molecule has 3 heterocycles. The third-order valence-electron chi connectivity index (χ3n) is 7.11. The van der Waals surface area contributed by atoms with Crippen LogP contribution in [0.25, 0.3) is 0 Å². The highest BCUT2D eigenvalue weighted by molar-refractivity contribution is 6.39. The van der Waals surface area contributed by atoms with Crippen molar-refractivity contribution in [2.45, 2.75) is 58.4 Å². The Labute approximate surface area is 201 Å². The summed E-state index contributed by atoms with van der Waals surface area (Å²) in [4.78, 5) is 45.5. The van der Waals surface area contributed by atoms with Crippen LogP contribution in [0.1, 0.15) is 68.2 Å². The summed E-state index contributed by atoms with van der Waals surface area (Å²) in [6.07, 6.45) is 6.99. The maximum Gasteiger partial charge on any atom is 0.313 e. The Bertz CT molecular complexity index is 1060. The quantitative estimate of drug-likeness (QED) is 0.698. The van der Waals surface area contributed by atoms with Crippen LogP contribution < -0.4 is 5.32 Å². The van der Waals surface area contributed by atoms with Gasteiger partial charge in [-0.05, 0) is 67.2 Å². The summed E-state index contributed by atoms with van der Waals surface area (Å²) in [7, 11) is 0. The molecule has 2 saturated heterocycles. The van der Waals surface area contributed by atoms with Gasteiger partial charge in [0.15, 0.2) is 0 Å². The molecule has 7 heteroatoms. The van der Waals surface area contributed by atoms with Crippen molar-refractivity contribution in [3.63, 3.8) is 0 Å². The Balaban J connectivity index is 1.50. The molecular formula is C27H34N4O3. The van der Waals surface area contributed by atoms with Gasteiger partial charge in [0.1, 0.15) is 0 Å². The standard InChI is InChI=1S/C27H34N4O3/c1-18-7-8-25(31(17-18)27(34)26(33)29-24-13-19(2)15-28-16-24)23-6-4-5-22(14-23)21-9-11-30(12-10-21)20(3)32/h4-6,13-16,18,21,25H,7-12,17H2,1-3H3,(H,29,33)/t18-,25+/m0/s1. The molecule has 34 heavy (non-hydrogen) atoms. The fourth-order valence-corrected chi connectivity index (χ4v) is 5.21. The van der Waals surface area contributed by atoms with Gasteiger partial charge in [-0.25, -0.2) is 0 Å². The smallest absolute Gasteiger partial charge is 0.313 e. The van der Waals surface area contributed by atoms with Gasteiger partial charge >= 0.3 is 11.8 Å². The van der Waals surface area contributed by atoms with E-state index in [9.17, 15) is 14.4 Å². The fraction of sp³-hybridized carbons (Fsp3) is 0.481. The van der Waals surface area contributed by atoms with E-state index in [1.54, 1.807) is 30.3 Å². The predicted molar refractivity (Wildman–Crippen MR) is 131 cm³/mol. The molecule has 0 unspecified atom stereocenters. The first-order valence-electron chi connectivity index (χ1n) is 12.2. The Morgan fingerprint density at radius 2 is 1.74 bits per heavy atom.